The molecule has 0 aliphatic carbocycles. The number of ether oxygens (including phenoxy) is 1. The first-order chi connectivity index (χ1) is 10.2. The van der Waals surface area contributed by atoms with Crippen molar-refractivity contribution < 1.29 is 9.53 Å². The predicted octanol–water partition coefficient (Wildman–Crippen LogP) is 3.88. The van der Waals surface area contributed by atoms with Gasteiger partial charge in [0, 0.05) is 5.56 Å². The molecule has 110 valence electrons. The van der Waals surface area contributed by atoms with Crippen LogP contribution in [0.1, 0.15) is 40.9 Å². The van der Waals surface area contributed by atoms with E-state index in [-0.39, 0.29) is 11.9 Å². The SMILES string of the molecule is CC[C@H](NC(=O)c1ccc(OC)c(C)c1)c1ccccc1. The number of carbonyl (C=O) groups excluding carboxylic acids is 1. The average molecular weight is 283 g/mol. The molecule has 0 saturated carbocycles. The summed E-state index contributed by atoms with van der Waals surface area (Å²) in [5, 5.41) is 3.08. The highest BCUT2D eigenvalue weighted by atomic mass is 16.5. The Morgan fingerprint density at radius 1 is 1.19 bits per heavy atom. The third kappa shape index (κ3) is 3.63. The number of amides is 1. The Kier molecular flexibility index (Phi) is 4.99. The van der Waals surface area contributed by atoms with E-state index in [0.717, 1.165) is 23.3 Å². The third-order valence-electron chi connectivity index (χ3n) is 3.57. The number of methoxy groups -OCH3 is 1. The molecule has 0 aromatic heterocycles. The van der Waals surface area contributed by atoms with Crippen LogP contribution >= 0.6 is 0 Å². The van der Waals surface area contributed by atoms with Gasteiger partial charge in [-0.2, -0.15) is 0 Å². The number of hydrogen-bond donors (Lipinski definition) is 1. The van der Waals surface area contributed by atoms with Crippen LogP contribution in [0.25, 0.3) is 0 Å². The lowest BCUT2D eigenvalue weighted by atomic mass is 10.0. The molecule has 2 aromatic rings. The largest absolute Gasteiger partial charge is 0.496 e. The molecule has 0 unspecified atom stereocenters. The number of nitrogens with one attached hydrogen (secondary N) is 1. The van der Waals surface area contributed by atoms with Crippen LogP contribution in [0.4, 0.5) is 0 Å². The number of hydrogen-bond acceptors (Lipinski definition) is 2. The van der Waals surface area contributed by atoms with E-state index < -0.39 is 0 Å². The molecule has 0 aliphatic heterocycles. The Morgan fingerprint density at radius 2 is 1.90 bits per heavy atom. The van der Waals surface area contributed by atoms with Crippen molar-refractivity contribution in [3.8, 4) is 5.75 Å². The molecule has 3 heteroatoms. The summed E-state index contributed by atoms with van der Waals surface area (Å²) in [7, 11) is 1.63. The second-order valence-electron chi connectivity index (χ2n) is 5.03. The molecule has 3 nitrogen and oxygen atoms in total. The second kappa shape index (κ2) is 6.93. The normalized spacial score (nSPS) is 11.8. The van der Waals surface area contributed by atoms with E-state index in [2.05, 4.69) is 12.2 Å². The highest BCUT2D eigenvalue weighted by molar-refractivity contribution is 5.94. The molecule has 0 spiro atoms. The fourth-order valence-corrected chi connectivity index (χ4v) is 2.37. The first-order valence-corrected chi connectivity index (χ1v) is 7.16. The van der Waals surface area contributed by atoms with Gasteiger partial charge in [-0.15, -0.1) is 0 Å². The Labute approximate surface area is 126 Å². The zero-order valence-corrected chi connectivity index (χ0v) is 12.7. The minimum Gasteiger partial charge on any atom is -0.496 e. The Balaban J connectivity index is 2.15. The van der Waals surface area contributed by atoms with E-state index in [1.807, 2.05) is 49.4 Å². The maximum absolute atomic E-state index is 12.4. The van der Waals surface area contributed by atoms with Crippen LogP contribution in [-0.2, 0) is 0 Å². The minimum absolute atomic E-state index is 0.0288. The zero-order valence-electron chi connectivity index (χ0n) is 12.7. The molecule has 1 amide bonds. The summed E-state index contributed by atoms with van der Waals surface area (Å²) in [6, 6.07) is 15.5. The fourth-order valence-electron chi connectivity index (χ4n) is 2.37. The first-order valence-electron chi connectivity index (χ1n) is 7.16. The van der Waals surface area contributed by atoms with Crippen LogP contribution < -0.4 is 10.1 Å². The van der Waals surface area contributed by atoms with Gasteiger partial charge in [0.05, 0.1) is 13.2 Å². The lowest BCUT2D eigenvalue weighted by Gasteiger charge is -2.18. The van der Waals surface area contributed by atoms with E-state index >= 15 is 0 Å². The van der Waals surface area contributed by atoms with Crippen molar-refractivity contribution in [1.29, 1.82) is 0 Å². The maximum atomic E-state index is 12.4. The number of rotatable bonds is 5. The van der Waals surface area contributed by atoms with Crippen molar-refractivity contribution in [3.05, 3.63) is 65.2 Å². The third-order valence-corrected chi connectivity index (χ3v) is 3.57. The molecule has 0 bridgehead atoms. The summed E-state index contributed by atoms with van der Waals surface area (Å²) < 4.78 is 5.22. The Hall–Kier alpha value is -2.29. The van der Waals surface area contributed by atoms with Gasteiger partial charge in [-0.3, -0.25) is 4.79 Å². The van der Waals surface area contributed by atoms with E-state index in [1.165, 1.54) is 0 Å². The lowest BCUT2D eigenvalue weighted by Crippen LogP contribution is -2.28. The van der Waals surface area contributed by atoms with E-state index in [1.54, 1.807) is 13.2 Å². The van der Waals surface area contributed by atoms with Crippen LogP contribution in [0.3, 0.4) is 0 Å². The number of benzene rings is 2. The maximum Gasteiger partial charge on any atom is 0.251 e. The van der Waals surface area contributed by atoms with Gasteiger partial charge in [0.25, 0.3) is 5.91 Å². The van der Waals surface area contributed by atoms with Gasteiger partial charge in [-0.05, 0) is 42.7 Å². The summed E-state index contributed by atoms with van der Waals surface area (Å²) >= 11 is 0. The second-order valence-corrected chi connectivity index (χ2v) is 5.03. The highest BCUT2D eigenvalue weighted by Crippen LogP contribution is 2.20. The zero-order chi connectivity index (χ0) is 15.2. The quantitative estimate of drug-likeness (QED) is 0.904. The van der Waals surface area contributed by atoms with Gasteiger partial charge in [-0.1, -0.05) is 37.3 Å². The van der Waals surface area contributed by atoms with Gasteiger partial charge >= 0.3 is 0 Å². The van der Waals surface area contributed by atoms with Gasteiger partial charge in [0.1, 0.15) is 5.75 Å². The van der Waals surface area contributed by atoms with Crippen LogP contribution in [0.5, 0.6) is 5.75 Å². The molecule has 21 heavy (non-hydrogen) atoms. The van der Waals surface area contributed by atoms with Crippen molar-refractivity contribution in [1.82, 2.24) is 5.32 Å². The van der Waals surface area contributed by atoms with Crippen molar-refractivity contribution in [2.45, 2.75) is 26.3 Å². The average Bonchev–Trinajstić information content (AvgIpc) is 2.53. The van der Waals surface area contributed by atoms with Crippen LogP contribution in [0, 0.1) is 6.92 Å². The molecule has 1 atom stereocenters. The summed E-state index contributed by atoms with van der Waals surface area (Å²) in [5.74, 6) is 0.734. The highest BCUT2D eigenvalue weighted by Gasteiger charge is 2.14. The van der Waals surface area contributed by atoms with Gasteiger partial charge in [0.2, 0.25) is 0 Å². The number of aryl methyl sites for hydroxylation is 1. The van der Waals surface area contributed by atoms with Crippen molar-refractivity contribution in [2.24, 2.45) is 0 Å². The van der Waals surface area contributed by atoms with Crippen molar-refractivity contribution in [3.63, 3.8) is 0 Å². The number of carbonyl (C=O) groups is 1. The summed E-state index contributed by atoms with van der Waals surface area (Å²) in [4.78, 5) is 12.4. The lowest BCUT2D eigenvalue weighted by molar-refractivity contribution is 0.0935. The topological polar surface area (TPSA) is 38.3 Å². The summed E-state index contributed by atoms with van der Waals surface area (Å²) in [5.41, 5.74) is 2.74. The minimum atomic E-state index is -0.0588. The molecule has 1 N–H and O–H groups in total. The standard InChI is InChI=1S/C18H21NO2/c1-4-16(14-8-6-5-7-9-14)19-18(20)15-10-11-17(21-3)13(2)12-15/h5-12,16H,4H2,1-3H3,(H,19,20)/t16-/m0/s1. The first kappa shape index (κ1) is 15.1. The van der Waals surface area contributed by atoms with Crippen molar-refractivity contribution in [2.75, 3.05) is 7.11 Å². The molecule has 0 fully saturated rings. The molecule has 2 rings (SSSR count). The molecule has 0 aliphatic rings. The van der Waals surface area contributed by atoms with Gasteiger partial charge < -0.3 is 10.1 Å². The van der Waals surface area contributed by atoms with Crippen LogP contribution in [0.2, 0.25) is 0 Å². The fraction of sp³-hybridized carbons (Fsp3) is 0.278. The molecular formula is C18H21NO2. The van der Waals surface area contributed by atoms with Gasteiger partial charge in [-0.25, -0.2) is 0 Å². The predicted molar refractivity (Wildman–Crippen MR) is 84.7 cm³/mol. The molecule has 0 saturated heterocycles. The molecule has 0 radical (unpaired) electrons. The Morgan fingerprint density at radius 3 is 2.48 bits per heavy atom. The van der Waals surface area contributed by atoms with Gasteiger partial charge in [0.15, 0.2) is 0 Å². The Bertz CT molecular complexity index is 608. The van der Waals surface area contributed by atoms with Crippen LogP contribution in [0.15, 0.2) is 48.5 Å². The summed E-state index contributed by atoms with van der Waals surface area (Å²) in [6.07, 6.45) is 0.852. The smallest absolute Gasteiger partial charge is 0.251 e. The van der Waals surface area contributed by atoms with E-state index in [0.29, 0.717) is 5.56 Å². The molecule has 0 heterocycles. The molecular weight excluding hydrogens is 262 g/mol. The van der Waals surface area contributed by atoms with E-state index in [9.17, 15) is 4.79 Å². The van der Waals surface area contributed by atoms with E-state index in [4.69, 9.17) is 4.74 Å². The molecule has 2 aromatic carbocycles. The monoisotopic (exact) mass is 283 g/mol. The van der Waals surface area contributed by atoms with Crippen molar-refractivity contribution >= 4 is 5.91 Å². The summed E-state index contributed by atoms with van der Waals surface area (Å²) in [6.45, 7) is 4.00. The van der Waals surface area contributed by atoms with Crippen LogP contribution in [-0.4, -0.2) is 13.0 Å².